The molecule has 2 fully saturated rings. The number of nitrogens with one attached hydrogen (secondary N) is 1. The molecular formula is C21H35FN2O2Si. The maximum Gasteiger partial charge on any atom is 0.192 e. The highest BCUT2D eigenvalue weighted by Gasteiger charge is 2.37. The van der Waals surface area contributed by atoms with Crippen LogP contribution in [0.15, 0.2) is 18.2 Å². The number of halogens is 1. The third-order valence-electron chi connectivity index (χ3n) is 6.31. The minimum atomic E-state index is -1.89. The number of hydrogen-bond acceptors (Lipinski definition) is 4. The Morgan fingerprint density at radius 3 is 2.44 bits per heavy atom. The third-order valence-corrected chi connectivity index (χ3v) is 10.8. The summed E-state index contributed by atoms with van der Waals surface area (Å²) in [4.78, 5) is 2.08. The lowest BCUT2D eigenvalue weighted by atomic mass is 10.1. The molecule has 2 aliphatic heterocycles. The fraction of sp³-hybridized carbons (Fsp3) is 0.714. The van der Waals surface area contributed by atoms with Gasteiger partial charge in [-0.15, -0.1) is 0 Å². The van der Waals surface area contributed by atoms with Crippen molar-refractivity contribution in [2.24, 2.45) is 0 Å². The van der Waals surface area contributed by atoms with Crippen molar-refractivity contribution < 1.29 is 13.6 Å². The Labute approximate surface area is 164 Å². The van der Waals surface area contributed by atoms with E-state index in [4.69, 9.17) is 9.16 Å². The molecule has 0 radical (unpaired) electrons. The van der Waals surface area contributed by atoms with Gasteiger partial charge in [-0.1, -0.05) is 32.9 Å². The van der Waals surface area contributed by atoms with Crippen LogP contribution < -0.4 is 10.2 Å². The molecule has 0 aliphatic carbocycles. The maximum atomic E-state index is 15.0. The van der Waals surface area contributed by atoms with Gasteiger partial charge in [0.25, 0.3) is 0 Å². The van der Waals surface area contributed by atoms with Crippen molar-refractivity contribution in [3.8, 4) is 0 Å². The molecule has 27 heavy (non-hydrogen) atoms. The fourth-order valence-corrected chi connectivity index (χ4v) is 4.27. The fourth-order valence-electron chi connectivity index (χ4n) is 3.32. The van der Waals surface area contributed by atoms with E-state index in [0.29, 0.717) is 24.0 Å². The predicted molar refractivity (Wildman–Crippen MR) is 111 cm³/mol. The summed E-state index contributed by atoms with van der Waals surface area (Å²) in [6.45, 7) is 15.0. The second-order valence-corrected chi connectivity index (χ2v) is 14.2. The number of hydrogen-bond donors (Lipinski definition) is 1. The van der Waals surface area contributed by atoms with Crippen molar-refractivity contribution in [1.82, 2.24) is 5.32 Å². The third kappa shape index (κ3) is 4.91. The summed E-state index contributed by atoms with van der Waals surface area (Å²) in [7, 11) is -1.89. The second kappa shape index (κ2) is 8.19. The Hall–Kier alpha value is -0.953. The van der Waals surface area contributed by atoms with Gasteiger partial charge in [0.1, 0.15) is 0 Å². The van der Waals surface area contributed by atoms with E-state index < -0.39 is 8.32 Å². The molecule has 0 atom stereocenters. The van der Waals surface area contributed by atoms with E-state index in [2.05, 4.69) is 44.1 Å². The maximum absolute atomic E-state index is 15.0. The zero-order valence-corrected chi connectivity index (χ0v) is 18.5. The minimum Gasteiger partial charge on any atom is -0.412 e. The minimum absolute atomic E-state index is 0.123. The van der Waals surface area contributed by atoms with Crippen molar-refractivity contribution in [1.29, 1.82) is 0 Å². The number of piperidine rings is 1. The molecule has 2 heterocycles. The molecule has 0 saturated carbocycles. The molecule has 0 bridgehead atoms. The van der Waals surface area contributed by atoms with Gasteiger partial charge in [0.15, 0.2) is 14.1 Å². The molecule has 1 N–H and O–H groups in total. The summed E-state index contributed by atoms with van der Waals surface area (Å²) >= 11 is 0. The summed E-state index contributed by atoms with van der Waals surface area (Å²) in [5.74, 6) is -0.142. The molecular weight excluding hydrogens is 359 g/mol. The topological polar surface area (TPSA) is 33.7 Å². The summed E-state index contributed by atoms with van der Waals surface area (Å²) in [6.07, 6.45) is 2.73. The monoisotopic (exact) mass is 394 g/mol. The smallest absolute Gasteiger partial charge is 0.192 e. The molecule has 152 valence electrons. The molecule has 0 unspecified atom stereocenters. The van der Waals surface area contributed by atoms with Crippen LogP contribution in [-0.4, -0.2) is 46.7 Å². The Bertz CT molecular complexity index is 636. The zero-order valence-electron chi connectivity index (χ0n) is 17.5. The molecule has 1 aromatic rings. The Balaban J connectivity index is 1.56. The highest BCUT2D eigenvalue weighted by Crippen LogP contribution is 2.37. The number of anilines is 1. The van der Waals surface area contributed by atoms with Crippen molar-refractivity contribution in [2.75, 3.05) is 31.1 Å². The van der Waals surface area contributed by atoms with Crippen LogP contribution in [0.2, 0.25) is 18.1 Å². The van der Waals surface area contributed by atoms with Crippen molar-refractivity contribution in [3.05, 3.63) is 29.6 Å². The van der Waals surface area contributed by atoms with Gasteiger partial charge in [-0.05, 0) is 50.1 Å². The van der Waals surface area contributed by atoms with Crippen LogP contribution in [0.4, 0.5) is 10.1 Å². The summed E-state index contributed by atoms with van der Waals surface area (Å²) in [5.41, 5.74) is 1.33. The zero-order chi connectivity index (χ0) is 19.7. The van der Waals surface area contributed by atoms with E-state index in [1.807, 2.05) is 18.2 Å². The van der Waals surface area contributed by atoms with E-state index in [1.54, 1.807) is 0 Å². The normalized spacial score (nSPS) is 20.0. The highest BCUT2D eigenvalue weighted by molar-refractivity contribution is 6.74. The average molecular weight is 395 g/mol. The van der Waals surface area contributed by atoms with Gasteiger partial charge in [-0.2, -0.15) is 0 Å². The van der Waals surface area contributed by atoms with E-state index in [-0.39, 0.29) is 17.0 Å². The Morgan fingerprint density at radius 1 is 1.15 bits per heavy atom. The van der Waals surface area contributed by atoms with Crippen molar-refractivity contribution in [3.63, 3.8) is 0 Å². The van der Waals surface area contributed by atoms with Gasteiger partial charge in [0.2, 0.25) is 0 Å². The first-order chi connectivity index (χ1) is 12.7. The molecule has 3 rings (SSSR count). The lowest BCUT2D eigenvalue weighted by molar-refractivity contribution is -0.0385. The molecule has 1 aromatic carbocycles. The van der Waals surface area contributed by atoms with Crippen LogP contribution in [0.25, 0.3) is 0 Å². The average Bonchev–Trinajstić information content (AvgIpc) is 2.57. The largest absolute Gasteiger partial charge is 0.412 e. The van der Waals surface area contributed by atoms with Gasteiger partial charge >= 0.3 is 0 Å². The number of nitrogens with zero attached hydrogens (tertiary/aromatic N) is 1. The molecule has 2 saturated heterocycles. The summed E-state index contributed by atoms with van der Waals surface area (Å²) in [6, 6.07) is 5.64. The van der Waals surface area contributed by atoms with Crippen LogP contribution in [-0.2, 0) is 15.8 Å². The predicted octanol–water partition coefficient (Wildman–Crippen LogP) is 4.30. The van der Waals surface area contributed by atoms with E-state index >= 15 is 4.39 Å². The summed E-state index contributed by atoms with van der Waals surface area (Å²) in [5, 5.41) is 3.48. The van der Waals surface area contributed by atoms with Crippen LogP contribution in [0, 0.1) is 5.82 Å². The molecule has 0 aromatic heterocycles. The van der Waals surface area contributed by atoms with Crippen LogP contribution in [0.1, 0.15) is 39.2 Å². The first-order valence-electron chi connectivity index (χ1n) is 10.2. The van der Waals surface area contributed by atoms with Gasteiger partial charge in [0.05, 0.1) is 24.5 Å². The van der Waals surface area contributed by atoms with Crippen LogP contribution in [0.3, 0.4) is 0 Å². The molecule has 0 amide bonds. The molecule has 6 heteroatoms. The Kier molecular flexibility index (Phi) is 6.30. The molecule has 2 aliphatic rings. The van der Waals surface area contributed by atoms with Crippen molar-refractivity contribution >= 4 is 14.0 Å². The lowest BCUT2D eigenvalue weighted by Crippen LogP contribution is -2.54. The molecule has 4 nitrogen and oxygen atoms in total. The quantitative estimate of drug-likeness (QED) is 0.729. The van der Waals surface area contributed by atoms with E-state index in [0.717, 1.165) is 39.0 Å². The number of benzene rings is 1. The van der Waals surface area contributed by atoms with Gasteiger partial charge in [-0.25, -0.2) is 4.39 Å². The van der Waals surface area contributed by atoms with Gasteiger partial charge in [0, 0.05) is 18.7 Å². The number of rotatable bonds is 6. The van der Waals surface area contributed by atoms with Crippen LogP contribution in [0.5, 0.6) is 0 Å². The van der Waals surface area contributed by atoms with Crippen LogP contribution >= 0.6 is 0 Å². The van der Waals surface area contributed by atoms with Gasteiger partial charge in [-0.3, -0.25) is 0 Å². The van der Waals surface area contributed by atoms with E-state index in [1.165, 1.54) is 0 Å². The SMILES string of the molecule is CC(C)(C)[Si](C)(C)OCc1cccc(N2CC(OC3CCNCC3)C2)c1F. The standard InChI is InChI=1S/C21H35FN2O2Si/c1-21(2,3)27(4,5)25-15-16-7-6-8-19(20(16)22)24-13-18(14-24)26-17-9-11-23-12-10-17/h6-8,17-18,23H,9-15H2,1-5H3. The highest BCUT2D eigenvalue weighted by atomic mass is 28.4. The lowest BCUT2D eigenvalue weighted by Gasteiger charge is -2.43. The van der Waals surface area contributed by atoms with E-state index in [9.17, 15) is 0 Å². The van der Waals surface area contributed by atoms with Crippen molar-refractivity contribution in [2.45, 2.75) is 70.6 Å². The number of ether oxygens (including phenoxy) is 1. The van der Waals surface area contributed by atoms with Gasteiger partial charge < -0.3 is 19.4 Å². The first-order valence-corrected chi connectivity index (χ1v) is 13.1. The summed E-state index contributed by atoms with van der Waals surface area (Å²) < 4.78 is 27.4. The first kappa shape index (κ1) is 20.8. The second-order valence-electron chi connectivity index (χ2n) is 9.41. The Morgan fingerprint density at radius 2 is 1.81 bits per heavy atom. The molecule has 0 spiro atoms.